The van der Waals surface area contributed by atoms with Gasteiger partial charge >= 0.3 is 6.09 Å². The zero-order chi connectivity index (χ0) is 15.8. The number of nitrogens with one attached hydrogen (secondary N) is 1. The molecular weight excluding hydrogens is 278 g/mol. The Morgan fingerprint density at radius 3 is 2.55 bits per heavy atom. The van der Waals surface area contributed by atoms with Crippen LogP contribution in [0.3, 0.4) is 0 Å². The number of rotatable bonds is 7. The largest absolute Gasteiger partial charge is 0.493 e. The first-order chi connectivity index (χ1) is 10.7. The minimum absolute atomic E-state index is 0.310. The average molecular weight is 299 g/mol. The fourth-order valence-electron chi connectivity index (χ4n) is 2.14. The molecule has 0 aliphatic heterocycles. The van der Waals surface area contributed by atoms with Crippen molar-refractivity contribution < 1.29 is 14.6 Å². The third-order valence-corrected chi connectivity index (χ3v) is 3.35. The van der Waals surface area contributed by atoms with Crippen LogP contribution in [0.25, 0.3) is 11.1 Å². The average Bonchev–Trinajstić information content (AvgIpc) is 2.54. The highest BCUT2D eigenvalue weighted by Crippen LogP contribution is 2.30. The highest BCUT2D eigenvalue weighted by molar-refractivity contribution is 5.70. The second-order valence-corrected chi connectivity index (χ2v) is 5.05. The van der Waals surface area contributed by atoms with E-state index < -0.39 is 6.09 Å². The molecule has 0 saturated carbocycles. The SMILES string of the molecule is CCCCOc1ccccc1-c1ccc(CNC(=O)O)cc1. The summed E-state index contributed by atoms with van der Waals surface area (Å²) in [5, 5.41) is 11.0. The van der Waals surface area contributed by atoms with Crippen molar-refractivity contribution in [3.8, 4) is 16.9 Å². The maximum Gasteiger partial charge on any atom is 0.404 e. The molecule has 116 valence electrons. The quantitative estimate of drug-likeness (QED) is 0.749. The summed E-state index contributed by atoms with van der Waals surface area (Å²) in [6, 6.07) is 15.8. The van der Waals surface area contributed by atoms with Crippen LogP contribution in [0.5, 0.6) is 5.75 Å². The molecule has 0 aromatic heterocycles. The highest BCUT2D eigenvalue weighted by atomic mass is 16.5. The number of hydrogen-bond acceptors (Lipinski definition) is 2. The van der Waals surface area contributed by atoms with Crippen molar-refractivity contribution in [3.63, 3.8) is 0 Å². The van der Waals surface area contributed by atoms with E-state index in [-0.39, 0.29) is 0 Å². The molecule has 4 heteroatoms. The summed E-state index contributed by atoms with van der Waals surface area (Å²) in [7, 11) is 0. The summed E-state index contributed by atoms with van der Waals surface area (Å²) in [4.78, 5) is 10.5. The van der Waals surface area contributed by atoms with E-state index in [1.165, 1.54) is 0 Å². The van der Waals surface area contributed by atoms with Gasteiger partial charge in [-0.1, -0.05) is 55.8 Å². The molecule has 2 aromatic carbocycles. The van der Waals surface area contributed by atoms with E-state index in [0.29, 0.717) is 13.2 Å². The Morgan fingerprint density at radius 1 is 1.14 bits per heavy atom. The Morgan fingerprint density at radius 2 is 1.86 bits per heavy atom. The molecule has 2 rings (SSSR count). The van der Waals surface area contributed by atoms with E-state index in [0.717, 1.165) is 35.3 Å². The molecule has 22 heavy (non-hydrogen) atoms. The topological polar surface area (TPSA) is 58.6 Å². The molecule has 0 aliphatic carbocycles. The van der Waals surface area contributed by atoms with Gasteiger partial charge in [0, 0.05) is 12.1 Å². The van der Waals surface area contributed by atoms with E-state index in [2.05, 4.69) is 12.2 Å². The lowest BCUT2D eigenvalue weighted by Gasteiger charge is -2.12. The highest BCUT2D eigenvalue weighted by Gasteiger charge is 2.06. The normalized spacial score (nSPS) is 10.2. The Kier molecular flexibility index (Phi) is 5.83. The number of benzene rings is 2. The van der Waals surface area contributed by atoms with Gasteiger partial charge in [-0.15, -0.1) is 0 Å². The van der Waals surface area contributed by atoms with Crippen LogP contribution in [0.2, 0.25) is 0 Å². The van der Waals surface area contributed by atoms with Gasteiger partial charge in [0.2, 0.25) is 0 Å². The summed E-state index contributed by atoms with van der Waals surface area (Å²) in [6.45, 7) is 3.16. The Balaban J connectivity index is 2.12. The summed E-state index contributed by atoms with van der Waals surface area (Å²) in [6.07, 6.45) is 1.13. The van der Waals surface area contributed by atoms with E-state index in [9.17, 15) is 4.79 Å². The summed E-state index contributed by atoms with van der Waals surface area (Å²) in [5.41, 5.74) is 3.04. The summed E-state index contributed by atoms with van der Waals surface area (Å²) < 4.78 is 5.85. The van der Waals surface area contributed by atoms with Gasteiger partial charge in [0.15, 0.2) is 0 Å². The number of unbranched alkanes of at least 4 members (excludes halogenated alkanes) is 1. The Bertz CT molecular complexity index is 608. The van der Waals surface area contributed by atoms with E-state index >= 15 is 0 Å². The van der Waals surface area contributed by atoms with Gasteiger partial charge in [0.25, 0.3) is 0 Å². The summed E-state index contributed by atoms with van der Waals surface area (Å²) in [5.74, 6) is 0.882. The van der Waals surface area contributed by atoms with Crippen LogP contribution in [-0.4, -0.2) is 17.8 Å². The van der Waals surface area contributed by atoms with Gasteiger partial charge < -0.3 is 15.2 Å². The molecule has 2 aromatic rings. The van der Waals surface area contributed by atoms with Crippen molar-refractivity contribution in [3.05, 3.63) is 54.1 Å². The van der Waals surface area contributed by atoms with Crippen LogP contribution in [0.4, 0.5) is 4.79 Å². The molecule has 0 fully saturated rings. The molecule has 0 saturated heterocycles. The number of ether oxygens (including phenoxy) is 1. The molecule has 0 atom stereocenters. The Hall–Kier alpha value is -2.49. The minimum atomic E-state index is -1.02. The van der Waals surface area contributed by atoms with Crippen LogP contribution in [0.15, 0.2) is 48.5 Å². The maximum absolute atomic E-state index is 10.5. The van der Waals surface area contributed by atoms with E-state index in [4.69, 9.17) is 9.84 Å². The zero-order valence-corrected chi connectivity index (χ0v) is 12.7. The monoisotopic (exact) mass is 299 g/mol. The number of amides is 1. The fourth-order valence-corrected chi connectivity index (χ4v) is 2.14. The van der Waals surface area contributed by atoms with Gasteiger partial charge in [0.1, 0.15) is 5.75 Å². The van der Waals surface area contributed by atoms with Crippen LogP contribution in [-0.2, 0) is 6.54 Å². The van der Waals surface area contributed by atoms with Crippen LogP contribution >= 0.6 is 0 Å². The molecule has 0 bridgehead atoms. The third kappa shape index (κ3) is 4.52. The standard InChI is InChI=1S/C18H21NO3/c1-2-3-12-22-17-7-5-4-6-16(17)15-10-8-14(9-11-15)13-19-18(20)21/h4-11,19H,2-3,12-13H2,1H3,(H,20,21). The smallest absolute Gasteiger partial charge is 0.404 e. The molecule has 0 unspecified atom stereocenters. The first-order valence-corrected chi connectivity index (χ1v) is 7.48. The molecule has 0 spiro atoms. The van der Waals surface area contributed by atoms with Gasteiger partial charge in [0.05, 0.1) is 6.61 Å². The van der Waals surface area contributed by atoms with E-state index in [1.807, 2.05) is 48.5 Å². The molecular formula is C18H21NO3. The van der Waals surface area contributed by atoms with Crippen LogP contribution in [0, 0.1) is 0 Å². The van der Waals surface area contributed by atoms with Gasteiger partial charge in [-0.05, 0) is 23.6 Å². The first kappa shape index (κ1) is 15.9. The second-order valence-electron chi connectivity index (χ2n) is 5.05. The lowest BCUT2D eigenvalue weighted by atomic mass is 10.0. The molecule has 0 radical (unpaired) electrons. The number of carboxylic acid groups (broad SMARTS) is 1. The van der Waals surface area contributed by atoms with E-state index in [1.54, 1.807) is 0 Å². The van der Waals surface area contributed by atoms with Crippen molar-refractivity contribution in [2.75, 3.05) is 6.61 Å². The summed E-state index contributed by atoms with van der Waals surface area (Å²) >= 11 is 0. The van der Waals surface area contributed by atoms with Crippen LogP contribution < -0.4 is 10.1 Å². The van der Waals surface area contributed by atoms with Gasteiger partial charge in [-0.25, -0.2) is 4.79 Å². The lowest BCUT2D eigenvalue weighted by Crippen LogP contribution is -2.19. The molecule has 2 N–H and O–H groups in total. The Labute approximate surface area is 130 Å². The first-order valence-electron chi connectivity index (χ1n) is 7.48. The van der Waals surface area contributed by atoms with Crippen molar-refractivity contribution in [1.82, 2.24) is 5.32 Å². The van der Waals surface area contributed by atoms with Crippen LogP contribution in [0.1, 0.15) is 25.3 Å². The van der Waals surface area contributed by atoms with Crippen molar-refractivity contribution in [2.24, 2.45) is 0 Å². The number of carbonyl (C=O) groups is 1. The zero-order valence-electron chi connectivity index (χ0n) is 12.7. The lowest BCUT2D eigenvalue weighted by molar-refractivity contribution is 0.194. The molecule has 0 aliphatic rings. The van der Waals surface area contributed by atoms with Gasteiger partial charge in [-0.2, -0.15) is 0 Å². The number of para-hydroxylation sites is 1. The minimum Gasteiger partial charge on any atom is -0.493 e. The molecule has 4 nitrogen and oxygen atoms in total. The molecule has 0 heterocycles. The maximum atomic E-state index is 10.5. The van der Waals surface area contributed by atoms with Gasteiger partial charge in [-0.3, -0.25) is 0 Å². The third-order valence-electron chi connectivity index (χ3n) is 3.35. The van der Waals surface area contributed by atoms with Crippen molar-refractivity contribution >= 4 is 6.09 Å². The van der Waals surface area contributed by atoms with Crippen molar-refractivity contribution in [2.45, 2.75) is 26.3 Å². The fraction of sp³-hybridized carbons (Fsp3) is 0.278. The molecule has 1 amide bonds. The number of hydrogen-bond donors (Lipinski definition) is 2. The predicted octanol–water partition coefficient (Wildman–Crippen LogP) is 4.30. The second kappa shape index (κ2) is 8.08. The van der Waals surface area contributed by atoms with Crippen molar-refractivity contribution in [1.29, 1.82) is 0 Å². The predicted molar refractivity (Wildman–Crippen MR) is 87.1 cm³/mol.